The van der Waals surface area contributed by atoms with Crippen LogP contribution in [0.5, 0.6) is 5.88 Å². The molecule has 0 aliphatic heterocycles. The molecule has 0 amide bonds. The maximum atomic E-state index is 5.68. The summed E-state index contributed by atoms with van der Waals surface area (Å²) in [4.78, 5) is 4.08. The molecule has 18 heavy (non-hydrogen) atoms. The van der Waals surface area contributed by atoms with Crippen LogP contribution in [0, 0.1) is 0 Å². The number of pyridine rings is 1. The van der Waals surface area contributed by atoms with Gasteiger partial charge in [-0.1, -0.05) is 0 Å². The summed E-state index contributed by atoms with van der Waals surface area (Å²) in [5.74, 6) is 0.603. The zero-order chi connectivity index (χ0) is 14.2. The van der Waals surface area contributed by atoms with E-state index in [4.69, 9.17) is 9.47 Å². The largest absolute Gasteiger partial charge is 0.481 e. The van der Waals surface area contributed by atoms with Crippen molar-refractivity contribution in [2.45, 2.75) is 33.0 Å². The summed E-state index contributed by atoms with van der Waals surface area (Å²) in [6.07, 6.45) is 5.81. The zero-order valence-electron chi connectivity index (χ0n) is 11.9. The van der Waals surface area contributed by atoms with E-state index >= 15 is 0 Å². The minimum atomic E-state index is -0.143. The van der Waals surface area contributed by atoms with E-state index in [2.05, 4.69) is 20.9 Å². The first kappa shape index (κ1) is 17.7. The van der Waals surface area contributed by atoms with Gasteiger partial charge in [-0.3, -0.25) is 0 Å². The highest BCUT2D eigenvalue weighted by Gasteiger charge is 2.12. The summed E-state index contributed by atoms with van der Waals surface area (Å²) in [5, 5.41) is 0. The number of aromatic nitrogens is 1. The lowest BCUT2D eigenvalue weighted by Crippen LogP contribution is -2.18. The molecular formula is C13H22BrNO2S. The van der Waals surface area contributed by atoms with Crippen molar-refractivity contribution < 1.29 is 9.47 Å². The Morgan fingerprint density at radius 2 is 1.89 bits per heavy atom. The van der Waals surface area contributed by atoms with Crippen LogP contribution >= 0.6 is 27.7 Å². The third-order valence-electron chi connectivity index (χ3n) is 1.78. The maximum absolute atomic E-state index is 5.68. The van der Waals surface area contributed by atoms with Crippen LogP contribution in [-0.2, 0) is 11.3 Å². The van der Waals surface area contributed by atoms with Gasteiger partial charge in [-0.25, -0.2) is 4.98 Å². The van der Waals surface area contributed by atoms with E-state index in [1.54, 1.807) is 25.1 Å². The van der Waals surface area contributed by atoms with E-state index in [9.17, 15) is 0 Å². The van der Waals surface area contributed by atoms with E-state index in [-0.39, 0.29) is 5.60 Å². The molecule has 0 N–H and O–H groups in total. The van der Waals surface area contributed by atoms with Crippen molar-refractivity contribution in [2.75, 3.05) is 19.6 Å². The molecule has 0 fully saturated rings. The number of methoxy groups -OCH3 is 1. The number of hydrogen-bond acceptors (Lipinski definition) is 4. The molecule has 104 valence electrons. The molecule has 1 rings (SSSR count). The quantitative estimate of drug-likeness (QED) is 0.830. The van der Waals surface area contributed by atoms with E-state index in [1.165, 1.54) is 0 Å². The number of rotatable bonds is 3. The lowest BCUT2D eigenvalue weighted by molar-refractivity contribution is -0.0153. The van der Waals surface area contributed by atoms with Gasteiger partial charge in [-0.15, -0.1) is 0 Å². The average molecular weight is 336 g/mol. The van der Waals surface area contributed by atoms with Crippen molar-refractivity contribution in [3.63, 3.8) is 0 Å². The van der Waals surface area contributed by atoms with Crippen molar-refractivity contribution in [3.05, 3.63) is 22.3 Å². The van der Waals surface area contributed by atoms with Crippen molar-refractivity contribution >= 4 is 27.7 Å². The van der Waals surface area contributed by atoms with Gasteiger partial charge >= 0.3 is 0 Å². The molecule has 3 nitrogen and oxygen atoms in total. The molecule has 0 spiro atoms. The summed E-state index contributed by atoms with van der Waals surface area (Å²) in [5.41, 5.74) is 0.896. The number of halogens is 1. The van der Waals surface area contributed by atoms with Gasteiger partial charge in [0.15, 0.2) is 0 Å². The second kappa shape index (κ2) is 8.77. The molecule has 1 aromatic heterocycles. The molecule has 0 unspecified atom stereocenters. The molecular weight excluding hydrogens is 314 g/mol. The number of thioether (sulfide) groups is 1. The van der Waals surface area contributed by atoms with Crippen LogP contribution in [0.3, 0.4) is 0 Å². The van der Waals surface area contributed by atoms with Gasteiger partial charge in [-0.05, 0) is 54.8 Å². The number of nitrogens with zero attached hydrogens (tertiary/aromatic N) is 1. The van der Waals surface area contributed by atoms with Crippen LogP contribution in [0.15, 0.2) is 16.7 Å². The molecule has 5 heteroatoms. The van der Waals surface area contributed by atoms with Crippen molar-refractivity contribution in [2.24, 2.45) is 0 Å². The molecule has 0 radical (unpaired) electrons. The Balaban J connectivity index is 0.000000873. The fraction of sp³-hybridized carbons (Fsp3) is 0.615. The van der Waals surface area contributed by atoms with Crippen molar-refractivity contribution in [1.82, 2.24) is 4.98 Å². The van der Waals surface area contributed by atoms with Gasteiger partial charge < -0.3 is 9.47 Å². The fourth-order valence-electron chi connectivity index (χ4n) is 0.975. The van der Waals surface area contributed by atoms with Crippen LogP contribution in [0.1, 0.15) is 26.3 Å². The molecule has 1 heterocycles. The predicted molar refractivity (Wildman–Crippen MR) is 82.5 cm³/mol. The van der Waals surface area contributed by atoms with E-state index in [1.807, 2.05) is 39.3 Å². The lowest BCUT2D eigenvalue weighted by Gasteiger charge is -2.20. The van der Waals surface area contributed by atoms with E-state index in [0.29, 0.717) is 12.5 Å². The van der Waals surface area contributed by atoms with Gasteiger partial charge in [0.1, 0.15) is 0 Å². The summed E-state index contributed by atoms with van der Waals surface area (Å²) < 4.78 is 11.7. The normalized spacial score (nSPS) is 10.6. The Hall–Kier alpha value is -0.260. The Morgan fingerprint density at radius 1 is 1.33 bits per heavy atom. The molecule has 0 bridgehead atoms. The summed E-state index contributed by atoms with van der Waals surface area (Å²) in [7, 11) is 1.60. The van der Waals surface area contributed by atoms with Crippen LogP contribution in [-0.4, -0.2) is 30.2 Å². The second-order valence-corrected chi connectivity index (χ2v) is 6.30. The minimum Gasteiger partial charge on any atom is -0.481 e. The molecule has 0 saturated heterocycles. The van der Waals surface area contributed by atoms with Crippen LogP contribution in [0.2, 0.25) is 0 Å². The fourth-order valence-corrected chi connectivity index (χ4v) is 1.31. The Kier molecular flexibility index (Phi) is 8.65. The number of ether oxygens (including phenoxy) is 2. The highest BCUT2D eigenvalue weighted by molar-refractivity contribution is 9.10. The highest BCUT2D eigenvalue weighted by atomic mass is 79.9. The molecule has 1 aromatic rings. The Bertz CT molecular complexity index is 353. The Labute approximate surface area is 123 Å². The lowest BCUT2D eigenvalue weighted by atomic mass is 10.2. The first-order chi connectivity index (χ1) is 8.34. The van der Waals surface area contributed by atoms with Gasteiger partial charge in [0.2, 0.25) is 5.88 Å². The highest BCUT2D eigenvalue weighted by Crippen LogP contribution is 2.22. The van der Waals surface area contributed by atoms with Gasteiger partial charge in [0, 0.05) is 16.7 Å². The van der Waals surface area contributed by atoms with E-state index < -0.39 is 0 Å². The number of hydrogen-bond donors (Lipinski definition) is 0. The summed E-state index contributed by atoms with van der Waals surface area (Å²) in [6.45, 7) is 6.63. The third-order valence-corrected chi connectivity index (χ3v) is 2.49. The minimum absolute atomic E-state index is 0.143. The van der Waals surface area contributed by atoms with Gasteiger partial charge in [-0.2, -0.15) is 11.8 Å². The van der Waals surface area contributed by atoms with Crippen LogP contribution in [0.25, 0.3) is 0 Å². The smallest absolute Gasteiger partial charge is 0.213 e. The molecule has 0 aliphatic carbocycles. The monoisotopic (exact) mass is 335 g/mol. The average Bonchev–Trinajstić information content (AvgIpc) is 2.28. The van der Waals surface area contributed by atoms with Crippen molar-refractivity contribution in [1.29, 1.82) is 0 Å². The SMILES string of the molecule is COc1cc(COC(C)(C)C)c(Br)cn1.CSC. The molecule has 0 saturated carbocycles. The summed E-state index contributed by atoms with van der Waals surface area (Å²) >= 11 is 5.18. The standard InChI is InChI=1S/C11H16BrNO2.C2H6S/c1-11(2,3)15-7-8-5-10(14-4)13-6-9(8)12;1-3-2/h5-6H,7H2,1-4H3;1-2H3. The van der Waals surface area contributed by atoms with Gasteiger partial charge in [0.05, 0.1) is 19.3 Å². The maximum Gasteiger partial charge on any atom is 0.213 e. The van der Waals surface area contributed by atoms with Crippen molar-refractivity contribution in [3.8, 4) is 5.88 Å². The first-order valence-corrected chi connectivity index (χ1v) is 7.99. The molecule has 0 aromatic carbocycles. The van der Waals surface area contributed by atoms with E-state index in [0.717, 1.165) is 10.0 Å². The molecule has 0 aliphatic rings. The zero-order valence-corrected chi connectivity index (χ0v) is 14.3. The first-order valence-electron chi connectivity index (χ1n) is 5.56. The topological polar surface area (TPSA) is 31.4 Å². The van der Waals surface area contributed by atoms with Crippen LogP contribution < -0.4 is 4.74 Å². The Morgan fingerprint density at radius 3 is 2.33 bits per heavy atom. The molecule has 0 atom stereocenters. The predicted octanol–water partition coefficient (Wildman–Crippen LogP) is 4.15. The summed E-state index contributed by atoms with van der Waals surface area (Å²) in [6, 6.07) is 1.87. The third kappa shape index (κ3) is 7.95. The second-order valence-electron chi connectivity index (χ2n) is 4.63. The van der Waals surface area contributed by atoms with Crippen LogP contribution in [0.4, 0.5) is 0 Å². The van der Waals surface area contributed by atoms with Gasteiger partial charge in [0.25, 0.3) is 0 Å².